The molecule has 8 nitrogen and oxygen atoms in total. The van der Waals surface area contributed by atoms with Gasteiger partial charge in [0, 0.05) is 36.4 Å². The first-order valence-electron chi connectivity index (χ1n) is 12.5. The number of hydrogen-bond donors (Lipinski definition) is 1. The highest BCUT2D eigenvalue weighted by atomic mass is 19.4. The van der Waals surface area contributed by atoms with E-state index in [-0.39, 0.29) is 18.1 Å². The van der Waals surface area contributed by atoms with Crippen molar-refractivity contribution in [3.63, 3.8) is 0 Å². The molecule has 0 aliphatic carbocycles. The SMILES string of the molecule is CCCN(CC)C1CCN(C(=O)Cn2cc3cc(NC(=O)c4cccc(C(F)(F)F)n4)ccc3n2)CC1. The summed E-state index contributed by atoms with van der Waals surface area (Å²) in [6, 6.07) is 8.64. The summed E-state index contributed by atoms with van der Waals surface area (Å²) in [4.78, 5) is 33.1. The highest BCUT2D eigenvalue weighted by Crippen LogP contribution is 2.27. The molecule has 1 aliphatic rings. The zero-order valence-electron chi connectivity index (χ0n) is 21.0. The molecule has 37 heavy (non-hydrogen) atoms. The summed E-state index contributed by atoms with van der Waals surface area (Å²) in [6.45, 7) is 8.02. The molecule has 0 unspecified atom stereocenters. The van der Waals surface area contributed by atoms with Crippen LogP contribution in [0.15, 0.2) is 42.6 Å². The predicted molar refractivity (Wildman–Crippen MR) is 134 cm³/mol. The number of hydrogen-bond acceptors (Lipinski definition) is 5. The van der Waals surface area contributed by atoms with Gasteiger partial charge in [-0.1, -0.05) is 19.9 Å². The maximum Gasteiger partial charge on any atom is 0.433 e. The minimum Gasteiger partial charge on any atom is -0.341 e. The first kappa shape index (κ1) is 26.6. The molecule has 1 saturated heterocycles. The molecular formula is C26H31F3N6O2. The number of fused-ring (bicyclic) bond motifs is 1. The molecule has 0 radical (unpaired) electrons. The van der Waals surface area contributed by atoms with Crippen LogP contribution in [0.4, 0.5) is 18.9 Å². The van der Waals surface area contributed by atoms with Gasteiger partial charge in [-0.25, -0.2) is 4.98 Å². The number of rotatable bonds is 8. The van der Waals surface area contributed by atoms with Gasteiger partial charge >= 0.3 is 6.18 Å². The van der Waals surface area contributed by atoms with Crippen LogP contribution >= 0.6 is 0 Å². The van der Waals surface area contributed by atoms with Crippen LogP contribution in [0.25, 0.3) is 10.9 Å². The van der Waals surface area contributed by atoms with Gasteiger partial charge < -0.3 is 15.1 Å². The van der Waals surface area contributed by atoms with E-state index in [0.717, 1.165) is 57.6 Å². The lowest BCUT2D eigenvalue weighted by molar-refractivity contribution is -0.141. The number of alkyl halides is 3. The average Bonchev–Trinajstić information content (AvgIpc) is 3.28. The van der Waals surface area contributed by atoms with Crippen LogP contribution < -0.4 is 5.32 Å². The second kappa shape index (κ2) is 11.3. The summed E-state index contributed by atoms with van der Waals surface area (Å²) in [5, 5.41) is 7.72. The Morgan fingerprint density at radius 2 is 1.89 bits per heavy atom. The largest absolute Gasteiger partial charge is 0.433 e. The van der Waals surface area contributed by atoms with Crippen molar-refractivity contribution < 1.29 is 22.8 Å². The molecule has 2 amide bonds. The van der Waals surface area contributed by atoms with E-state index in [0.29, 0.717) is 22.6 Å². The number of carbonyl (C=O) groups is 2. The van der Waals surface area contributed by atoms with E-state index in [4.69, 9.17) is 0 Å². The molecule has 1 fully saturated rings. The number of nitrogens with zero attached hydrogens (tertiary/aromatic N) is 5. The lowest BCUT2D eigenvalue weighted by Gasteiger charge is -2.38. The van der Waals surface area contributed by atoms with Crippen LogP contribution in [0, 0.1) is 0 Å². The third-order valence-corrected chi connectivity index (χ3v) is 6.63. The minimum atomic E-state index is -4.64. The van der Waals surface area contributed by atoms with Crippen molar-refractivity contribution in [3.05, 3.63) is 54.0 Å². The Kier molecular flexibility index (Phi) is 8.11. The number of nitrogens with one attached hydrogen (secondary N) is 1. The van der Waals surface area contributed by atoms with Crippen LogP contribution in [0.5, 0.6) is 0 Å². The smallest absolute Gasteiger partial charge is 0.341 e. The van der Waals surface area contributed by atoms with Gasteiger partial charge in [0.15, 0.2) is 0 Å². The monoisotopic (exact) mass is 516 g/mol. The lowest BCUT2D eigenvalue weighted by Crippen LogP contribution is -2.47. The van der Waals surface area contributed by atoms with Crippen molar-refractivity contribution in [2.45, 2.75) is 51.9 Å². The van der Waals surface area contributed by atoms with Gasteiger partial charge in [-0.15, -0.1) is 0 Å². The molecule has 0 atom stereocenters. The number of likely N-dealkylation sites (tertiary alicyclic amines) is 1. The van der Waals surface area contributed by atoms with Crippen LogP contribution in [-0.2, 0) is 17.5 Å². The summed E-state index contributed by atoms with van der Waals surface area (Å²) >= 11 is 0. The van der Waals surface area contributed by atoms with Gasteiger partial charge in [0.05, 0.1) is 5.52 Å². The van der Waals surface area contributed by atoms with Gasteiger partial charge in [0.1, 0.15) is 17.9 Å². The quantitative estimate of drug-likeness (QED) is 0.479. The second-order valence-electron chi connectivity index (χ2n) is 9.20. The standard InChI is InChI=1S/C26H31F3N6O2/c1-3-12-33(4-2)20-10-13-34(14-11-20)24(36)17-35-16-18-15-19(8-9-21(18)32-35)30-25(37)22-6-5-7-23(31-22)26(27,28)29/h5-9,15-16,20H,3-4,10-14,17H2,1-2H3,(H,30,37). The van der Waals surface area contributed by atoms with Crippen molar-refractivity contribution in [1.82, 2.24) is 24.6 Å². The number of carbonyl (C=O) groups excluding carboxylic acids is 2. The first-order valence-corrected chi connectivity index (χ1v) is 12.5. The Hall–Kier alpha value is -3.47. The fraction of sp³-hybridized carbons (Fsp3) is 0.462. The summed E-state index contributed by atoms with van der Waals surface area (Å²) in [7, 11) is 0. The van der Waals surface area contributed by atoms with Crippen molar-refractivity contribution >= 4 is 28.4 Å². The van der Waals surface area contributed by atoms with Crippen molar-refractivity contribution in [1.29, 1.82) is 0 Å². The Bertz CT molecular complexity index is 1250. The second-order valence-corrected chi connectivity index (χ2v) is 9.20. The average molecular weight is 517 g/mol. The molecule has 1 aromatic carbocycles. The van der Waals surface area contributed by atoms with Gasteiger partial charge in [-0.2, -0.15) is 18.3 Å². The Labute approximate surface area is 213 Å². The molecule has 11 heteroatoms. The van der Waals surface area contributed by atoms with E-state index in [9.17, 15) is 22.8 Å². The summed E-state index contributed by atoms with van der Waals surface area (Å²) in [5.74, 6) is -0.744. The van der Waals surface area contributed by atoms with Crippen LogP contribution in [0.1, 0.15) is 49.3 Å². The summed E-state index contributed by atoms with van der Waals surface area (Å²) in [5.41, 5.74) is -0.441. The Morgan fingerprint density at radius 1 is 1.14 bits per heavy atom. The van der Waals surface area contributed by atoms with Gasteiger partial charge in [-0.3, -0.25) is 14.3 Å². The van der Waals surface area contributed by atoms with Gasteiger partial charge in [-0.05, 0) is 62.7 Å². The van der Waals surface area contributed by atoms with Gasteiger partial charge in [0.25, 0.3) is 5.91 Å². The molecule has 1 N–H and O–H groups in total. The van der Waals surface area contributed by atoms with Crippen molar-refractivity contribution in [3.8, 4) is 0 Å². The van der Waals surface area contributed by atoms with Gasteiger partial charge in [0.2, 0.25) is 5.91 Å². The number of piperidine rings is 1. The number of pyridine rings is 1. The summed E-state index contributed by atoms with van der Waals surface area (Å²) < 4.78 is 40.3. The van der Waals surface area contributed by atoms with E-state index in [1.165, 1.54) is 6.07 Å². The maximum atomic E-state index is 12.9. The van der Waals surface area contributed by atoms with E-state index in [1.807, 2.05) is 4.90 Å². The number of aromatic nitrogens is 3. The molecule has 1 aliphatic heterocycles. The fourth-order valence-corrected chi connectivity index (χ4v) is 4.75. The highest BCUT2D eigenvalue weighted by Gasteiger charge is 2.33. The zero-order valence-corrected chi connectivity index (χ0v) is 21.0. The molecule has 3 aromatic rings. The normalized spacial score (nSPS) is 14.9. The van der Waals surface area contributed by atoms with Crippen molar-refractivity contribution in [2.24, 2.45) is 0 Å². The third-order valence-electron chi connectivity index (χ3n) is 6.63. The van der Waals surface area contributed by atoms with Crippen LogP contribution in [0.3, 0.4) is 0 Å². The number of benzene rings is 1. The van der Waals surface area contributed by atoms with Crippen molar-refractivity contribution in [2.75, 3.05) is 31.5 Å². The van der Waals surface area contributed by atoms with E-state index < -0.39 is 17.8 Å². The topological polar surface area (TPSA) is 83.4 Å². The highest BCUT2D eigenvalue weighted by molar-refractivity contribution is 6.03. The molecule has 3 heterocycles. The predicted octanol–water partition coefficient (Wildman–Crippen LogP) is 4.43. The summed E-state index contributed by atoms with van der Waals surface area (Å²) in [6.07, 6.45) is 0.128. The Morgan fingerprint density at radius 3 is 2.57 bits per heavy atom. The first-order chi connectivity index (χ1) is 17.7. The lowest BCUT2D eigenvalue weighted by atomic mass is 10.0. The minimum absolute atomic E-state index is 0.00828. The van der Waals surface area contributed by atoms with Crippen LogP contribution in [0.2, 0.25) is 0 Å². The molecule has 0 spiro atoms. The third kappa shape index (κ3) is 6.46. The fourth-order valence-electron chi connectivity index (χ4n) is 4.75. The molecular weight excluding hydrogens is 485 g/mol. The van der Waals surface area contributed by atoms with E-state index in [2.05, 4.69) is 34.1 Å². The number of amides is 2. The zero-order chi connectivity index (χ0) is 26.6. The number of anilines is 1. The number of halogens is 3. The molecule has 198 valence electrons. The Balaban J connectivity index is 1.37. The molecule has 0 bridgehead atoms. The van der Waals surface area contributed by atoms with E-state index >= 15 is 0 Å². The van der Waals surface area contributed by atoms with Crippen LogP contribution in [-0.4, -0.2) is 68.6 Å². The molecule has 0 saturated carbocycles. The van der Waals surface area contributed by atoms with E-state index in [1.54, 1.807) is 29.1 Å². The maximum absolute atomic E-state index is 12.9. The molecule has 2 aromatic heterocycles. The molecule has 4 rings (SSSR count).